The Hall–Kier alpha value is -3.89. The number of aromatic nitrogens is 5. The molecule has 2 aromatic carbocycles. The fourth-order valence-corrected chi connectivity index (χ4v) is 2.75. The van der Waals surface area contributed by atoms with E-state index in [9.17, 15) is 13.2 Å². The summed E-state index contributed by atoms with van der Waals surface area (Å²) in [4.78, 5) is 4.26. The SMILES string of the molecule is CCOc1ccc(-c2noc(-c3nnn(-c4cccc(C(F)(F)F)c4)c3N)n2)cc1. The number of halogens is 3. The van der Waals surface area contributed by atoms with Crippen LogP contribution in [0.1, 0.15) is 12.5 Å². The molecular formula is C19H15F3N6O2. The van der Waals surface area contributed by atoms with Crippen molar-refractivity contribution >= 4 is 5.82 Å². The molecule has 2 heterocycles. The normalized spacial score (nSPS) is 11.6. The Kier molecular flexibility index (Phi) is 4.86. The zero-order valence-corrected chi connectivity index (χ0v) is 15.6. The Morgan fingerprint density at radius 3 is 2.60 bits per heavy atom. The molecule has 0 spiro atoms. The van der Waals surface area contributed by atoms with Crippen molar-refractivity contribution in [3.05, 3.63) is 54.1 Å². The number of hydrogen-bond acceptors (Lipinski definition) is 7. The third-order valence-electron chi connectivity index (χ3n) is 4.18. The zero-order chi connectivity index (χ0) is 21.3. The second-order valence-electron chi connectivity index (χ2n) is 6.16. The lowest BCUT2D eigenvalue weighted by molar-refractivity contribution is -0.137. The van der Waals surface area contributed by atoms with Crippen molar-refractivity contribution in [2.24, 2.45) is 0 Å². The summed E-state index contributed by atoms with van der Waals surface area (Å²) in [5, 5.41) is 11.6. The number of benzene rings is 2. The van der Waals surface area contributed by atoms with Gasteiger partial charge < -0.3 is 15.0 Å². The second kappa shape index (κ2) is 7.50. The molecule has 4 rings (SSSR count). The van der Waals surface area contributed by atoms with E-state index in [0.717, 1.165) is 16.8 Å². The van der Waals surface area contributed by atoms with Gasteiger partial charge in [0.1, 0.15) is 5.75 Å². The minimum Gasteiger partial charge on any atom is -0.494 e. The number of nitrogens with two attached hydrogens (primary N) is 1. The standard InChI is InChI=1S/C19H15F3N6O2/c1-2-29-14-8-6-11(7-9-14)17-24-18(30-26-17)15-16(23)28(27-25-15)13-5-3-4-12(10-13)19(20,21)22/h3-10H,2,23H2,1H3. The summed E-state index contributed by atoms with van der Waals surface area (Å²) in [6.45, 7) is 2.43. The van der Waals surface area contributed by atoms with Crippen LogP contribution < -0.4 is 10.5 Å². The minimum absolute atomic E-state index is 0.00499. The highest BCUT2D eigenvalue weighted by Gasteiger charge is 2.31. The average molecular weight is 416 g/mol. The van der Waals surface area contributed by atoms with Gasteiger partial charge in [-0.3, -0.25) is 0 Å². The molecule has 4 aromatic rings. The van der Waals surface area contributed by atoms with Gasteiger partial charge in [0.2, 0.25) is 5.82 Å². The topological polar surface area (TPSA) is 105 Å². The highest BCUT2D eigenvalue weighted by atomic mass is 19.4. The molecule has 2 N–H and O–H groups in total. The van der Waals surface area contributed by atoms with Crippen molar-refractivity contribution in [2.75, 3.05) is 12.3 Å². The highest BCUT2D eigenvalue weighted by Crippen LogP contribution is 2.32. The predicted octanol–water partition coefficient (Wildman–Crippen LogP) is 3.98. The van der Waals surface area contributed by atoms with Gasteiger partial charge in [0.15, 0.2) is 11.5 Å². The molecule has 0 unspecified atom stereocenters. The van der Waals surface area contributed by atoms with Crippen LogP contribution in [0.5, 0.6) is 5.75 Å². The van der Waals surface area contributed by atoms with Gasteiger partial charge >= 0.3 is 6.18 Å². The number of anilines is 1. The third-order valence-corrected chi connectivity index (χ3v) is 4.18. The van der Waals surface area contributed by atoms with Crippen molar-refractivity contribution in [2.45, 2.75) is 13.1 Å². The van der Waals surface area contributed by atoms with Crippen molar-refractivity contribution in [1.29, 1.82) is 0 Å². The molecule has 8 nitrogen and oxygen atoms in total. The Bertz CT molecular complexity index is 1170. The van der Waals surface area contributed by atoms with Crippen molar-refractivity contribution in [3.8, 4) is 34.4 Å². The van der Waals surface area contributed by atoms with Gasteiger partial charge in [0.25, 0.3) is 5.89 Å². The van der Waals surface area contributed by atoms with Crippen LogP contribution in [0.2, 0.25) is 0 Å². The monoisotopic (exact) mass is 416 g/mol. The molecule has 0 aliphatic rings. The number of nitrogen functional groups attached to an aromatic ring is 1. The molecule has 30 heavy (non-hydrogen) atoms. The Morgan fingerprint density at radius 2 is 1.90 bits per heavy atom. The van der Waals surface area contributed by atoms with Crippen LogP contribution in [-0.2, 0) is 6.18 Å². The summed E-state index contributed by atoms with van der Waals surface area (Å²) in [5.41, 5.74) is 6.06. The molecule has 154 valence electrons. The first kappa shape index (κ1) is 19.4. The Morgan fingerprint density at radius 1 is 1.13 bits per heavy atom. The number of rotatable bonds is 5. The summed E-state index contributed by atoms with van der Waals surface area (Å²) in [6, 6.07) is 11.6. The molecule has 0 saturated heterocycles. The number of alkyl halides is 3. The maximum absolute atomic E-state index is 13.0. The molecule has 0 bridgehead atoms. The van der Waals surface area contributed by atoms with Gasteiger partial charge in [0.05, 0.1) is 17.9 Å². The molecule has 0 saturated carbocycles. The lowest BCUT2D eigenvalue weighted by Crippen LogP contribution is -2.08. The van der Waals surface area contributed by atoms with E-state index in [4.69, 9.17) is 15.0 Å². The summed E-state index contributed by atoms with van der Waals surface area (Å²) in [5.74, 6) is 0.963. The molecule has 0 fully saturated rings. The van der Waals surface area contributed by atoms with E-state index in [-0.39, 0.29) is 23.1 Å². The largest absolute Gasteiger partial charge is 0.494 e. The van der Waals surface area contributed by atoms with Crippen molar-refractivity contribution in [3.63, 3.8) is 0 Å². The van der Waals surface area contributed by atoms with E-state index < -0.39 is 11.7 Å². The van der Waals surface area contributed by atoms with Crippen LogP contribution in [0.3, 0.4) is 0 Å². The van der Waals surface area contributed by atoms with Gasteiger partial charge in [-0.15, -0.1) is 5.10 Å². The van der Waals surface area contributed by atoms with E-state index in [2.05, 4.69) is 20.5 Å². The zero-order valence-electron chi connectivity index (χ0n) is 15.6. The molecule has 0 atom stereocenters. The lowest BCUT2D eigenvalue weighted by Gasteiger charge is -2.09. The maximum Gasteiger partial charge on any atom is 0.416 e. The van der Waals surface area contributed by atoms with Crippen LogP contribution in [0.4, 0.5) is 19.0 Å². The quantitative estimate of drug-likeness (QED) is 0.525. The maximum atomic E-state index is 13.0. The molecule has 0 aliphatic heterocycles. The number of hydrogen-bond donors (Lipinski definition) is 1. The molecular weight excluding hydrogens is 401 g/mol. The first-order valence-corrected chi connectivity index (χ1v) is 8.83. The Labute approximate surface area is 168 Å². The molecule has 2 aromatic heterocycles. The van der Waals surface area contributed by atoms with E-state index in [0.29, 0.717) is 23.7 Å². The predicted molar refractivity (Wildman–Crippen MR) is 101 cm³/mol. The first-order valence-electron chi connectivity index (χ1n) is 8.83. The van der Waals surface area contributed by atoms with E-state index >= 15 is 0 Å². The van der Waals surface area contributed by atoms with Crippen molar-refractivity contribution < 1.29 is 22.4 Å². The van der Waals surface area contributed by atoms with Crippen LogP contribution >= 0.6 is 0 Å². The second-order valence-corrected chi connectivity index (χ2v) is 6.16. The lowest BCUT2D eigenvalue weighted by atomic mass is 10.2. The van der Waals surface area contributed by atoms with Gasteiger partial charge in [-0.25, -0.2) is 0 Å². The smallest absolute Gasteiger partial charge is 0.416 e. The fraction of sp³-hybridized carbons (Fsp3) is 0.158. The molecule has 0 aliphatic carbocycles. The summed E-state index contributed by atoms with van der Waals surface area (Å²) < 4.78 is 50.6. The van der Waals surface area contributed by atoms with E-state index in [1.807, 2.05) is 6.92 Å². The van der Waals surface area contributed by atoms with Crippen LogP contribution in [0, 0.1) is 0 Å². The van der Waals surface area contributed by atoms with Gasteiger partial charge in [0, 0.05) is 5.56 Å². The summed E-state index contributed by atoms with van der Waals surface area (Å²) in [7, 11) is 0. The molecule has 11 heteroatoms. The van der Waals surface area contributed by atoms with Gasteiger partial charge in [-0.1, -0.05) is 16.4 Å². The average Bonchev–Trinajstić information content (AvgIpc) is 3.35. The highest BCUT2D eigenvalue weighted by molar-refractivity contribution is 5.66. The molecule has 0 amide bonds. The summed E-state index contributed by atoms with van der Waals surface area (Å²) >= 11 is 0. The van der Waals surface area contributed by atoms with Gasteiger partial charge in [-0.05, 0) is 49.4 Å². The van der Waals surface area contributed by atoms with E-state index in [1.54, 1.807) is 24.3 Å². The number of nitrogens with zero attached hydrogens (tertiary/aromatic N) is 5. The van der Waals surface area contributed by atoms with Crippen LogP contribution in [-0.4, -0.2) is 31.7 Å². The summed E-state index contributed by atoms with van der Waals surface area (Å²) in [6.07, 6.45) is -4.49. The van der Waals surface area contributed by atoms with Crippen LogP contribution in [0.15, 0.2) is 53.1 Å². The van der Waals surface area contributed by atoms with Crippen molar-refractivity contribution in [1.82, 2.24) is 25.1 Å². The third kappa shape index (κ3) is 3.69. The minimum atomic E-state index is -4.49. The molecule has 0 radical (unpaired) electrons. The fourth-order valence-electron chi connectivity index (χ4n) is 2.75. The van der Waals surface area contributed by atoms with Gasteiger partial charge in [-0.2, -0.15) is 22.8 Å². The first-order chi connectivity index (χ1) is 14.4. The van der Waals surface area contributed by atoms with Crippen LogP contribution in [0.25, 0.3) is 28.7 Å². The van der Waals surface area contributed by atoms with E-state index in [1.165, 1.54) is 12.1 Å². The Balaban J connectivity index is 1.64. The number of ether oxygens (including phenoxy) is 1.